The summed E-state index contributed by atoms with van der Waals surface area (Å²) < 4.78 is 26.6. The number of hydrogen-bond acceptors (Lipinski definition) is 3. The largest absolute Gasteiger partial charge is 0.299 e. The van der Waals surface area contributed by atoms with Crippen LogP contribution in [0.1, 0.15) is 49.1 Å². The first-order valence-electron chi connectivity index (χ1n) is 9.73. The molecule has 0 aromatic heterocycles. The molecule has 5 heteroatoms. The quantitative estimate of drug-likeness (QED) is 0.702. The standard InChI is InChI=1S/C22H27F2N3/c23-20-10-6-18(7-11-20)22(19-8-12-21(24)13-9-19)5-4-15-26-27-16-3-1-2-14-25-17-27/h6-13,17,22,26H,1-5,14-16H2. The monoisotopic (exact) mass is 371 g/mol. The number of nitrogens with zero attached hydrogens (tertiary/aromatic N) is 2. The highest BCUT2D eigenvalue weighted by atomic mass is 19.1. The summed E-state index contributed by atoms with van der Waals surface area (Å²) in [6.45, 7) is 2.71. The molecule has 0 fully saturated rings. The fourth-order valence-electron chi connectivity index (χ4n) is 3.44. The van der Waals surface area contributed by atoms with Crippen LogP contribution in [0.25, 0.3) is 0 Å². The van der Waals surface area contributed by atoms with Gasteiger partial charge >= 0.3 is 0 Å². The molecule has 3 nitrogen and oxygen atoms in total. The Balaban J connectivity index is 1.60. The third-order valence-electron chi connectivity index (χ3n) is 4.94. The van der Waals surface area contributed by atoms with Gasteiger partial charge in [0.2, 0.25) is 0 Å². The Kier molecular flexibility index (Phi) is 7.34. The first kappa shape index (κ1) is 19.5. The summed E-state index contributed by atoms with van der Waals surface area (Å²) in [4.78, 5) is 4.41. The van der Waals surface area contributed by atoms with Gasteiger partial charge in [-0.05, 0) is 67.5 Å². The molecule has 0 bridgehead atoms. The first-order chi connectivity index (χ1) is 13.2. The lowest BCUT2D eigenvalue weighted by Gasteiger charge is -2.23. The van der Waals surface area contributed by atoms with E-state index in [-0.39, 0.29) is 17.6 Å². The Hall–Kier alpha value is -2.27. The van der Waals surface area contributed by atoms with Crippen LogP contribution in [0.3, 0.4) is 0 Å². The number of aliphatic imine (C=N–C) groups is 1. The molecular formula is C22H27F2N3. The van der Waals surface area contributed by atoms with Crippen molar-refractivity contribution in [3.8, 4) is 0 Å². The average Bonchev–Trinajstić information content (AvgIpc) is 2.65. The molecular weight excluding hydrogens is 344 g/mol. The molecule has 0 amide bonds. The van der Waals surface area contributed by atoms with Crippen molar-refractivity contribution in [2.75, 3.05) is 19.6 Å². The molecule has 0 saturated carbocycles. The Morgan fingerprint density at radius 2 is 1.52 bits per heavy atom. The normalized spacial score (nSPS) is 15.0. The van der Waals surface area contributed by atoms with Gasteiger partial charge in [-0.25, -0.2) is 14.2 Å². The van der Waals surface area contributed by atoms with E-state index in [0.29, 0.717) is 0 Å². The fraction of sp³-hybridized carbons (Fsp3) is 0.409. The van der Waals surface area contributed by atoms with Crippen LogP contribution in [0, 0.1) is 11.6 Å². The van der Waals surface area contributed by atoms with E-state index in [9.17, 15) is 8.78 Å². The van der Waals surface area contributed by atoms with Crippen molar-refractivity contribution in [1.29, 1.82) is 0 Å². The summed E-state index contributed by atoms with van der Waals surface area (Å²) in [5.41, 5.74) is 5.53. The van der Waals surface area contributed by atoms with Crippen molar-refractivity contribution in [1.82, 2.24) is 10.4 Å². The molecule has 2 aromatic rings. The minimum absolute atomic E-state index is 0.119. The van der Waals surface area contributed by atoms with Gasteiger partial charge < -0.3 is 0 Å². The zero-order valence-electron chi connectivity index (χ0n) is 15.6. The lowest BCUT2D eigenvalue weighted by Crippen LogP contribution is -2.38. The average molecular weight is 371 g/mol. The molecule has 0 unspecified atom stereocenters. The Morgan fingerprint density at radius 1 is 0.889 bits per heavy atom. The van der Waals surface area contributed by atoms with Crippen molar-refractivity contribution in [2.24, 2.45) is 4.99 Å². The molecule has 1 aliphatic heterocycles. The second kappa shape index (κ2) is 10.2. The van der Waals surface area contributed by atoms with Gasteiger partial charge in [-0.3, -0.25) is 10.0 Å². The van der Waals surface area contributed by atoms with Gasteiger partial charge in [0, 0.05) is 25.6 Å². The second-order valence-electron chi connectivity index (χ2n) is 6.98. The molecule has 0 saturated heterocycles. The molecule has 0 aliphatic carbocycles. The molecule has 1 N–H and O–H groups in total. The number of halogens is 2. The highest BCUT2D eigenvalue weighted by molar-refractivity contribution is 5.54. The van der Waals surface area contributed by atoms with Crippen molar-refractivity contribution < 1.29 is 8.78 Å². The second-order valence-corrected chi connectivity index (χ2v) is 6.98. The lowest BCUT2D eigenvalue weighted by molar-refractivity contribution is 0.299. The minimum atomic E-state index is -0.241. The molecule has 1 heterocycles. The van der Waals surface area contributed by atoms with Crippen LogP contribution in [0.5, 0.6) is 0 Å². The van der Waals surface area contributed by atoms with E-state index in [1.54, 1.807) is 0 Å². The predicted octanol–water partition coefficient (Wildman–Crippen LogP) is 4.90. The van der Waals surface area contributed by atoms with E-state index in [4.69, 9.17) is 0 Å². The van der Waals surface area contributed by atoms with Crippen LogP contribution < -0.4 is 5.43 Å². The first-order valence-corrected chi connectivity index (χ1v) is 9.73. The van der Waals surface area contributed by atoms with Crippen LogP contribution in [0.2, 0.25) is 0 Å². The molecule has 0 spiro atoms. The van der Waals surface area contributed by atoms with Crippen molar-refractivity contribution in [3.63, 3.8) is 0 Å². The number of rotatable bonds is 7. The minimum Gasteiger partial charge on any atom is -0.299 e. The smallest absolute Gasteiger partial charge is 0.123 e. The molecule has 2 aromatic carbocycles. The van der Waals surface area contributed by atoms with Gasteiger partial charge in [0.15, 0.2) is 0 Å². The highest BCUT2D eigenvalue weighted by Gasteiger charge is 2.14. The Labute approximate surface area is 160 Å². The third kappa shape index (κ3) is 6.14. The topological polar surface area (TPSA) is 27.6 Å². The van der Waals surface area contributed by atoms with Crippen LogP contribution in [0.4, 0.5) is 8.78 Å². The molecule has 3 rings (SSSR count). The Morgan fingerprint density at radius 3 is 2.15 bits per heavy atom. The summed E-state index contributed by atoms with van der Waals surface area (Å²) >= 11 is 0. The number of benzene rings is 2. The SMILES string of the molecule is Fc1ccc(C(CCCNN2C=NCCCCC2)c2ccc(F)cc2)cc1. The maximum atomic E-state index is 13.3. The summed E-state index contributed by atoms with van der Waals surface area (Å²) in [6.07, 6.45) is 7.30. The van der Waals surface area contributed by atoms with E-state index in [2.05, 4.69) is 15.4 Å². The maximum Gasteiger partial charge on any atom is 0.123 e. The summed E-state index contributed by atoms with van der Waals surface area (Å²) in [7, 11) is 0. The zero-order chi connectivity index (χ0) is 18.9. The highest BCUT2D eigenvalue weighted by Crippen LogP contribution is 2.29. The van der Waals surface area contributed by atoms with Gasteiger partial charge in [0.25, 0.3) is 0 Å². The van der Waals surface area contributed by atoms with E-state index in [1.807, 2.05) is 30.6 Å². The number of hydrogen-bond donors (Lipinski definition) is 1. The van der Waals surface area contributed by atoms with Crippen LogP contribution >= 0.6 is 0 Å². The van der Waals surface area contributed by atoms with Gasteiger partial charge in [-0.15, -0.1) is 0 Å². The van der Waals surface area contributed by atoms with Crippen molar-refractivity contribution in [2.45, 2.75) is 38.0 Å². The predicted molar refractivity (Wildman–Crippen MR) is 106 cm³/mol. The van der Waals surface area contributed by atoms with Crippen molar-refractivity contribution >= 4 is 6.34 Å². The fourth-order valence-corrected chi connectivity index (χ4v) is 3.44. The Bertz CT molecular complexity index is 668. The van der Waals surface area contributed by atoms with Gasteiger partial charge in [0.1, 0.15) is 11.6 Å². The number of hydrazine groups is 1. The van der Waals surface area contributed by atoms with Gasteiger partial charge in [-0.1, -0.05) is 24.3 Å². The zero-order valence-corrected chi connectivity index (χ0v) is 15.6. The van der Waals surface area contributed by atoms with E-state index < -0.39 is 0 Å². The number of nitrogens with one attached hydrogen (secondary N) is 1. The maximum absolute atomic E-state index is 13.3. The van der Waals surface area contributed by atoms with E-state index in [1.165, 1.54) is 43.5 Å². The molecule has 144 valence electrons. The van der Waals surface area contributed by atoms with Crippen LogP contribution in [0.15, 0.2) is 53.5 Å². The molecule has 0 radical (unpaired) electrons. The van der Waals surface area contributed by atoms with E-state index >= 15 is 0 Å². The summed E-state index contributed by atoms with van der Waals surface area (Å²) in [5.74, 6) is -0.363. The van der Waals surface area contributed by atoms with E-state index in [0.717, 1.165) is 43.6 Å². The van der Waals surface area contributed by atoms with Gasteiger partial charge in [-0.2, -0.15) is 0 Å². The van der Waals surface area contributed by atoms with Crippen LogP contribution in [-0.4, -0.2) is 31.0 Å². The van der Waals surface area contributed by atoms with Gasteiger partial charge in [0.05, 0.1) is 6.34 Å². The molecule has 0 atom stereocenters. The summed E-state index contributed by atoms with van der Waals surface area (Å²) in [5, 5.41) is 2.07. The lowest BCUT2D eigenvalue weighted by atomic mass is 9.87. The molecule has 1 aliphatic rings. The van der Waals surface area contributed by atoms with Crippen molar-refractivity contribution in [3.05, 3.63) is 71.3 Å². The molecule has 27 heavy (non-hydrogen) atoms. The summed E-state index contributed by atoms with van der Waals surface area (Å²) in [6, 6.07) is 13.2. The van der Waals surface area contributed by atoms with Crippen LogP contribution in [-0.2, 0) is 0 Å². The third-order valence-corrected chi connectivity index (χ3v) is 4.94.